The number of aliphatic imine (C=N–C) groups is 1. The maximum Gasteiger partial charge on any atom is 0.194 e. The Balaban J connectivity index is 1.34. The summed E-state index contributed by atoms with van der Waals surface area (Å²) in [6.45, 7) is 16.0. The van der Waals surface area contributed by atoms with E-state index < -0.39 is 0 Å². The molecule has 6 heteroatoms. The monoisotopic (exact) mass is 364 g/mol. The minimum absolute atomic E-state index is 0.197. The second kappa shape index (κ2) is 7.64. The van der Waals surface area contributed by atoms with Crippen molar-refractivity contribution in [2.45, 2.75) is 45.8 Å². The summed E-state index contributed by atoms with van der Waals surface area (Å²) in [5.74, 6) is 2.52. The van der Waals surface area contributed by atoms with Gasteiger partial charge in [-0.3, -0.25) is 9.89 Å². The molecule has 0 aromatic rings. The number of nitrogens with zero attached hydrogens (tertiary/aromatic N) is 3. The second-order valence-electron chi connectivity index (χ2n) is 9.00. The van der Waals surface area contributed by atoms with Crippen LogP contribution in [0.1, 0.15) is 33.6 Å². The summed E-state index contributed by atoms with van der Waals surface area (Å²) in [5.41, 5.74) is 0.197. The minimum Gasteiger partial charge on any atom is -0.379 e. The van der Waals surface area contributed by atoms with E-state index >= 15 is 0 Å². The van der Waals surface area contributed by atoms with Crippen molar-refractivity contribution in [2.24, 2.45) is 22.2 Å². The molecular weight excluding hydrogens is 328 g/mol. The van der Waals surface area contributed by atoms with Crippen LogP contribution >= 0.6 is 0 Å². The molecule has 3 saturated heterocycles. The summed E-state index contributed by atoms with van der Waals surface area (Å²) >= 11 is 0. The summed E-state index contributed by atoms with van der Waals surface area (Å²) in [6.07, 6.45) is 2.88. The number of hydrogen-bond donors (Lipinski definition) is 1. The molecule has 4 aliphatic rings. The van der Waals surface area contributed by atoms with Crippen LogP contribution in [0.4, 0.5) is 0 Å². The fourth-order valence-electron chi connectivity index (χ4n) is 5.47. The van der Waals surface area contributed by atoms with Crippen molar-refractivity contribution < 1.29 is 9.47 Å². The number of guanidine groups is 1. The third-order valence-corrected chi connectivity index (χ3v) is 6.90. The van der Waals surface area contributed by atoms with Gasteiger partial charge in [-0.2, -0.15) is 0 Å². The van der Waals surface area contributed by atoms with Gasteiger partial charge in [0.2, 0.25) is 0 Å². The van der Waals surface area contributed by atoms with Gasteiger partial charge in [0, 0.05) is 63.3 Å². The third kappa shape index (κ3) is 3.48. The van der Waals surface area contributed by atoms with Gasteiger partial charge in [0.1, 0.15) is 0 Å². The lowest BCUT2D eigenvalue weighted by atomic mass is 9.57. The number of rotatable bonds is 4. The fourth-order valence-corrected chi connectivity index (χ4v) is 5.47. The first kappa shape index (κ1) is 18.5. The molecule has 0 radical (unpaired) electrons. The minimum atomic E-state index is 0.197. The molecule has 0 spiro atoms. The number of ether oxygens (including phenoxy) is 2. The number of hydrogen-bond acceptors (Lipinski definition) is 4. The van der Waals surface area contributed by atoms with E-state index in [4.69, 9.17) is 14.5 Å². The van der Waals surface area contributed by atoms with Gasteiger partial charge in [-0.05, 0) is 25.7 Å². The van der Waals surface area contributed by atoms with Crippen molar-refractivity contribution in [3.05, 3.63) is 0 Å². The van der Waals surface area contributed by atoms with E-state index in [0.717, 1.165) is 64.4 Å². The number of nitrogens with one attached hydrogen (secondary N) is 1. The molecule has 4 rings (SSSR count). The SMILES string of the molecule is CCN=C(NC1C2CCOC2C1(C)C)N1CCC(CN2CCOCC2)C1. The van der Waals surface area contributed by atoms with Crippen LogP contribution in [0.2, 0.25) is 0 Å². The van der Waals surface area contributed by atoms with E-state index in [1.807, 2.05) is 0 Å². The van der Waals surface area contributed by atoms with Crippen molar-refractivity contribution in [3.8, 4) is 0 Å². The van der Waals surface area contributed by atoms with Crippen LogP contribution in [-0.2, 0) is 9.47 Å². The van der Waals surface area contributed by atoms with Gasteiger partial charge in [-0.25, -0.2) is 0 Å². The van der Waals surface area contributed by atoms with Gasteiger partial charge >= 0.3 is 0 Å². The number of fused-ring (bicyclic) bond motifs is 1. The van der Waals surface area contributed by atoms with Gasteiger partial charge in [0.25, 0.3) is 0 Å². The van der Waals surface area contributed by atoms with Crippen molar-refractivity contribution in [2.75, 3.05) is 59.1 Å². The molecule has 26 heavy (non-hydrogen) atoms. The van der Waals surface area contributed by atoms with Crippen LogP contribution in [0, 0.1) is 17.3 Å². The quantitative estimate of drug-likeness (QED) is 0.604. The predicted molar refractivity (Wildman–Crippen MR) is 103 cm³/mol. The first-order chi connectivity index (χ1) is 12.6. The Morgan fingerprint density at radius 3 is 2.73 bits per heavy atom. The molecule has 1 aliphatic carbocycles. The molecule has 3 heterocycles. The van der Waals surface area contributed by atoms with E-state index in [0.29, 0.717) is 18.1 Å². The van der Waals surface area contributed by atoms with Crippen molar-refractivity contribution >= 4 is 5.96 Å². The largest absolute Gasteiger partial charge is 0.379 e. The van der Waals surface area contributed by atoms with Crippen LogP contribution in [0.5, 0.6) is 0 Å². The molecule has 6 nitrogen and oxygen atoms in total. The van der Waals surface area contributed by atoms with Crippen LogP contribution in [0.3, 0.4) is 0 Å². The smallest absolute Gasteiger partial charge is 0.194 e. The van der Waals surface area contributed by atoms with E-state index in [9.17, 15) is 0 Å². The summed E-state index contributed by atoms with van der Waals surface area (Å²) in [4.78, 5) is 9.91. The normalized spacial score (nSPS) is 37.5. The first-order valence-corrected chi connectivity index (χ1v) is 10.6. The average Bonchev–Trinajstić information content (AvgIpc) is 3.28. The Hall–Kier alpha value is -0.850. The lowest BCUT2D eigenvalue weighted by Crippen LogP contribution is -2.68. The summed E-state index contributed by atoms with van der Waals surface area (Å²) < 4.78 is 11.4. The van der Waals surface area contributed by atoms with Crippen LogP contribution in [0.25, 0.3) is 0 Å². The maximum atomic E-state index is 5.96. The Labute approximate surface area is 158 Å². The van der Waals surface area contributed by atoms with E-state index in [-0.39, 0.29) is 5.41 Å². The van der Waals surface area contributed by atoms with Crippen molar-refractivity contribution in [1.82, 2.24) is 15.1 Å². The highest BCUT2D eigenvalue weighted by Crippen LogP contribution is 2.52. The Bertz CT molecular complexity index is 518. The van der Waals surface area contributed by atoms with Gasteiger partial charge in [-0.15, -0.1) is 0 Å². The highest BCUT2D eigenvalue weighted by atomic mass is 16.5. The number of likely N-dealkylation sites (tertiary alicyclic amines) is 1. The van der Waals surface area contributed by atoms with Crippen molar-refractivity contribution in [3.63, 3.8) is 0 Å². The highest BCUT2D eigenvalue weighted by molar-refractivity contribution is 5.81. The van der Waals surface area contributed by atoms with Gasteiger partial charge in [0.05, 0.1) is 19.3 Å². The molecule has 1 saturated carbocycles. The standard InChI is InChI=1S/C20H36N4O2/c1-4-21-19(22-17-16-6-10-26-18(16)20(17,2)3)24-7-5-15(14-24)13-23-8-11-25-12-9-23/h15-18H,4-14H2,1-3H3,(H,21,22). The average molecular weight is 365 g/mol. The summed E-state index contributed by atoms with van der Waals surface area (Å²) in [7, 11) is 0. The molecule has 0 bridgehead atoms. The van der Waals surface area contributed by atoms with E-state index in [1.165, 1.54) is 19.4 Å². The fraction of sp³-hybridized carbons (Fsp3) is 0.950. The van der Waals surface area contributed by atoms with Crippen LogP contribution < -0.4 is 5.32 Å². The van der Waals surface area contributed by atoms with Crippen LogP contribution in [0.15, 0.2) is 4.99 Å². The summed E-state index contributed by atoms with van der Waals surface area (Å²) in [6, 6.07) is 0.485. The topological polar surface area (TPSA) is 49.3 Å². The molecule has 0 aromatic carbocycles. The first-order valence-electron chi connectivity index (χ1n) is 10.6. The lowest BCUT2D eigenvalue weighted by molar-refractivity contribution is -0.107. The van der Waals surface area contributed by atoms with Crippen molar-refractivity contribution in [1.29, 1.82) is 0 Å². The zero-order valence-electron chi connectivity index (χ0n) is 16.7. The Kier molecular flexibility index (Phi) is 5.44. The highest BCUT2D eigenvalue weighted by Gasteiger charge is 2.59. The molecule has 0 amide bonds. The molecule has 0 aromatic heterocycles. The molecule has 148 valence electrons. The summed E-state index contributed by atoms with van der Waals surface area (Å²) in [5, 5.41) is 3.84. The molecule has 4 atom stereocenters. The zero-order valence-corrected chi connectivity index (χ0v) is 16.7. The van der Waals surface area contributed by atoms with Gasteiger partial charge in [-0.1, -0.05) is 13.8 Å². The Morgan fingerprint density at radius 1 is 1.15 bits per heavy atom. The predicted octanol–water partition coefficient (Wildman–Crippen LogP) is 1.42. The maximum absolute atomic E-state index is 5.96. The van der Waals surface area contributed by atoms with Crippen LogP contribution in [-0.4, -0.2) is 87.0 Å². The third-order valence-electron chi connectivity index (χ3n) is 6.90. The van der Waals surface area contributed by atoms with Gasteiger partial charge in [0.15, 0.2) is 5.96 Å². The molecule has 1 N–H and O–H groups in total. The number of morpholine rings is 1. The van der Waals surface area contributed by atoms with E-state index in [2.05, 4.69) is 35.9 Å². The van der Waals surface area contributed by atoms with E-state index in [1.54, 1.807) is 0 Å². The molecule has 3 aliphatic heterocycles. The Morgan fingerprint density at radius 2 is 1.96 bits per heavy atom. The second-order valence-corrected chi connectivity index (χ2v) is 9.00. The van der Waals surface area contributed by atoms with Gasteiger partial charge < -0.3 is 19.7 Å². The zero-order chi connectivity index (χ0) is 18.1. The lowest BCUT2D eigenvalue weighted by Gasteiger charge is -2.55. The molecule has 4 fully saturated rings. The molecule has 4 unspecified atom stereocenters. The molecular formula is C20H36N4O2.